The van der Waals surface area contributed by atoms with E-state index in [0.717, 1.165) is 11.1 Å². The van der Waals surface area contributed by atoms with Crippen molar-refractivity contribution in [3.05, 3.63) is 34.9 Å². The lowest BCUT2D eigenvalue weighted by Crippen LogP contribution is -1.92. The number of rotatable bonds is 2. The molecule has 1 aromatic rings. The van der Waals surface area contributed by atoms with E-state index in [1.807, 2.05) is 32.0 Å². The van der Waals surface area contributed by atoms with Gasteiger partial charge in [-0.05, 0) is 25.0 Å². The average molecular weight is 152 g/mol. The fourth-order valence-electron chi connectivity index (χ4n) is 1.03. The highest BCUT2D eigenvalue weighted by atomic mass is 17.1. The minimum absolute atomic E-state index is 0.271. The number of hydrogen-bond acceptors (Lipinski definition) is 2. The summed E-state index contributed by atoms with van der Waals surface area (Å²) in [5, 5.41) is 8.24. The van der Waals surface area contributed by atoms with Crippen molar-refractivity contribution in [2.24, 2.45) is 0 Å². The summed E-state index contributed by atoms with van der Waals surface area (Å²) in [6.07, 6.45) is 0. The largest absolute Gasteiger partial charge is 0.251 e. The first kappa shape index (κ1) is 8.24. The zero-order valence-corrected chi connectivity index (χ0v) is 6.79. The highest BCUT2D eigenvalue weighted by molar-refractivity contribution is 5.29. The van der Waals surface area contributed by atoms with Crippen LogP contribution in [0.2, 0.25) is 0 Å². The quantitative estimate of drug-likeness (QED) is 0.520. The van der Waals surface area contributed by atoms with E-state index in [1.54, 1.807) is 0 Å². The van der Waals surface area contributed by atoms with Crippen molar-refractivity contribution in [2.45, 2.75) is 20.5 Å². The topological polar surface area (TPSA) is 29.5 Å². The Morgan fingerprint density at radius 3 is 2.73 bits per heavy atom. The van der Waals surface area contributed by atoms with Crippen LogP contribution in [0.15, 0.2) is 18.2 Å². The number of benzene rings is 1. The van der Waals surface area contributed by atoms with Crippen LogP contribution in [0.25, 0.3) is 0 Å². The summed E-state index contributed by atoms with van der Waals surface area (Å²) in [5.41, 5.74) is 3.36. The third-order valence-electron chi connectivity index (χ3n) is 1.72. The first-order chi connectivity index (χ1) is 5.24. The molecule has 0 bridgehead atoms. The summed E-state index contributed by atoms with van der Waals surface area (Å²) < 4.78 is 0. The van der Waals surface area contributed by atoms with E-state index in [9.17, 15) is 0 Å². The molecule has 0 aliphatic carbocycles. The van der Waals surface area contributed by atoms with E-state index in [1.165, 1.54) is 5.56 Å². The highest BCUT2D eigenvalue weighted by Crippen LogP contribution is 2.10. The second kappa shape index (κ2) is 3.51. The lowest BCUT2D eigenvalue weighted by atomic mass is 10.1. The van der Waals surface area contributed by atoms with Crippen LogP contribution in [0, 0.1) is 13.8 Å². The monoisotopic (exact) mass is 152 g/mol. The SMILES string of the molecule is Cc1ccc(C)c(COO)c1. The summed E-state index contributed by atoms with van der Waals surface area (Å²) in [5.74, 6) is 0. The molecular weight excluding hydrogens is 140 g/mol. The van der Waals surface area contributed by atoms with Crippen LogP contribution in [0.4, 0.5) is 0 Å². The second-order valence-corrected chi connectivity index (χ2v) is 2.70. The normalized spacial score (nSPS) is 10.1. The molecule has 11 heavy (non-hydrogen) atoms. The van der Waals surface area contributed by atoms with Gasteiger partial charge in [0.15, 0.2) is 0 Å². The zero-order chi connectivity index (χ0) is 8.27. The van der Waals surface area contributed by atoms with Crippen molar-refractivity contribution >= 4 is 0 Å². The Morgan fingerprint density at radius 2 is 2.09 bits per heavy atom. The molecule has 1 N–H and O–H groups in total. The van der Waals surface area contributed by atoms with Gasteiger partial charge in [-0.25, -0.2) is 4.89 Å². The van der Waals surface area contributed by atoms with Gasteiger partial charge in [0, 0.05) is 0 Å². The number of aryl methyl sites for hydroxylation is 2. The molecule has 0 aliphatic heterocycles. The molecule has 0 saturated heterocycles. The van der Waals surface area contributed by atoms with E-state index in [2.05, 4.69) is 4.89 Å². The van der Waals surface area contributed by atoms with Gasteiger partial charge in [-0.15, -0.1) is 0 Å². The molecule has 1 aromatic carbocycles. The Bertz CT molecular complexity index is 243. The van der Waals surface area contributed by atoms with E-state index in [4.69, 9.17) is 5.26 Å². The van der Waals surface area contributed by atoms with Gasteiger partial charge in [0.05, 0.1) is 0 Å². The van der Waals surface area contributed by atoms with Gasteiger partial charge < -0.3 is 0 Å². The van der Waals surface area contributed by atoms with Crippen molar-refractivity contribution in [3.8, 4) is 0 Å². The second-order valence-electron chi connectivity index (χ2n) is 2.70. The van der Waals surface area contributed by atoms with Gasteiger partial charge in [0.2, 0.25) is 0 Å². The molecular formula is C9H12O2. The Balaban J connectivity index is 2.93. The van der Waals surface area contributed by atoms with Gasteiger partial charge in [-0.3, -0.25) is 5.26 Å². The smallest absolute Gasteiger partial charge is 0.107 e. The molecule has 0 spiro atoms. The first-order valence-corrected chi connectivity index (χ1v) is 3.56. The summed E-state index contributed by atoms with van der Waals surface area (Å²) >= 11 is 0. The van der Waals surface area contributed by atoms with Crippen LogP contribution in [0.5, 0.6) is 0 Å². The van der Waals surface area contributed by atoms with E-state index in [0.29, 0.717) is 0 Å². The van der Waals surface area contributed by atoms with Crippen LogP contribution in [-0.4, -0.2) is 5.26 Å². The maximum Gasteiger partial charge on any atom is 0.107 e. The molecule has 2 heteroatoms. The fraction of sp³-hybridized carbons (Fsp3) is 0.333. The molecule has 0 saturated carbocycles. The maximum absolute atomic E-state index is 8.24. The van der Waals surface area contributed by atoms with Crippen LogP contribution >= 0.6 is 0 Å². The Hall–Kier alpha value is -0.860. The van der Waals surface area contributed by atoms with Crippen LogP contribution in [0.3, 0.4) is 0 Å². The predicted molar refractivity (Wildman–Crippen MR) is 43.3 cm³/mol. The minimum Gasteiger partial charge on any atom is -0.251 e. The highest BCUT2D eigenvalue weighted by Gasteiger charge is 1.97. The Kier molecular flexibility index (Phi) is 2.63. The molecule has 0 aliphatic rings. The molecule has 0 aromatic heterocycles. The van der Waals surface area contributed by atoms with Crippen molar-refractivity contribution < 1.29 is 10.1 Å². The van der Waals surface area contributed by atoms with Crippen LogP contribution in [0.1, 0.15) is 16.7 Å². The van der Waals surface area contributed by atoms with E-state index >= 15 is 0 Å². The van der Waals surface area contributed by atoms with Crippen molar-refractivity contribution in [3.63, 3.8) is 0 Å². The molecule has 0 heterocycles. The summed E-state index contributed by atoms with van der Waals surface area (Å²) in [6, 6.07) is 6.06. The van der Waals surface area contributed by atoms with Gasteiger partial charge in [-0.2, -0.15) is 0 Å². The zero-order valence-electron chi connectivity index (χ0n) is 6.79. The summed E-state index contributed by atoms with van der Waals surface area (Å²) in [4.78, 5) is 4.06. The first-order valence-electron chi connectivity index (χ1n) is 3.56. The number of hydrogen-bond donors (Lipinski definition) is 1. The Morgan fingerprint density at radius 1 is 1.36 bits per heavy atom. The molecule has 1 rings (SSSR count). The van der Waals surface area contributed by atoms with E-state index < -0.39 is 0 Å². The van der Waals surface area contributed by atoms with E-state index in [-0.39, 0.29) is 6.61 Å². The predicted octanol–water partition coefficient (Wildman–Crippen LogP) is 2.29. The fourth-order valence-corrected chi connectivity index (χ4v) is 1.03. The lowest BCUT2D eigenvalue weighted by Gasteiger charge is -2.03. The lowest BCUT2D eigenvalue weighted by molar-refractivity contribution is -0.253. The average Bonchev–Trinajstić information content (AvgIpc) is 1.98. The van der Waals surface area contributed by atoms with Gasteiger partial charge in [-0.1, -0.05) is 23.8 Å². The minimum atomic E-state index is 0.271. The molecule has 0 amide bonds. The van der Waals surface area contributed by atoms with Crippen molar-refractivity contribution in [2.75, 3.05) is 0 Å². The van der Waals surface area contributed by atoms with Crippen molar-refractivity contribution in [1.82, 2.24) is 0 Å². The molecule has 0 atom stereocenters. The van der Waals surface area contributed by atoms with Gasteiger partial charge in [0.1, 0.15) is 6.61 Å². The Labute approximate surface area is 66.4 Å². The van der Waals surface area contributed by atoms with Gasteiger partial charge in [0.25, 0.3) is 0 Å². The molecule has 2 nitrogen and oxygen atoms in total. The summed E-state index contributed by atoms with van der Waals surface area (Å²) in [7, 11) is 0. The molecule has 0 radical (unpaired) electrons. The molecule has 0 fully saturated rings. The maximum atomic E-state index is 8.24. The third kappa shape index (κ3) is 2.03. The standard InChI is InChI=1S/C9H12O2/c1-7-3-4-8(2)9(5-7)6-11-10/h3-5,10H,6H2,1-2H3. The molecule has 60 valence electrons. The van der Waals surface area contributed by atoms with Gasteiger partial charge >= 0.3 is 0 Å². The molecule has 0 unspecified atom stereocenters. The summed E-state index contributed by atoms with van der Waals surface area (Å²) in [6.45, 7) is 4.28. The van der Waals surface area contributed by atoms with Crippen LogP contribution in [-0.2, 0) is 11.5 Å². The third-order valence-corrected chi connectivity index (χ3v) is 1.72. The van der Waals surface area contributed by atoms with Crippen molar-refractivity contribution in [1.29, 1.82) is 0 Å². The van der Waals surface area contributed by atoms with Crippen LogP contribution < -0.4 is 0 Å².